The Kier molecular flexibility index (Phi) is 5.05. The van der Waals surface area contributed by atoms with E-state index in [2.05, 4.69) is 40.5 Å². The third-order valence-corrected chi connectivity index (χ3v) is 5.77. The van der Waals surface area contributed by atoms with Crippen LogP contribution in [0.4, 0.5) is 11.4 Å². The fourth-order valence-electron chi connectivity index (χ4n) is 3.14. The van der Waals surface area contributed by atoms with Gasteiger partial charge in [-0.15, -0.1) is 0 Å². The molecule has 6 nitrogen and oxygen atoms in total. The third kappa shape index (κ3) is 3.54. The molecule has 1 saturated heterocycles. The van der Waals surface area contributed by atoms with E-state index in [1.165, 1.54) is 13.2 Å². The average Bonchev–Trinajstić information content (AvgIpc) is 2.62. The van der Waals surface area contributed by atoms with Crippen LogP contribution in [0.25, 0.3) is 0 Å². The van der Waals surface area contributed by atoms with Gasteiger partial charge in [-0.1, -0.05) is 7.92 Å². The molecule has 2 aliphatic rings. The van der Waals surface area contributed by atoms with E-state index in [-0.39, 0.29) is 13.6 Å². The summed E-state index contributed by atoms with van der Waals surface area (Å²) in [6, 6.07) is 5.63. The Labute approximate surface area is 143 Å². The van der Waals surface area contributed by atoms with E-state index in [4.69, 9.17) is 4.74 Å². The maximum absolute atomic E-state index is 11.0. The first-order valence-electron chi connectivity index (χ1n) is 8.02. The summed E-state index contributed by atoms with van der Waals surface area (Å²) < 4.78 is 5.17. The molecule has 24 heavy (non-hydrogen) atoms. The van der Waals surface area contributed by atoms with Crippen molar-refractivity contribution >= 4 is 19.3 Å². The second-order valence-electron chi connectivity index (χ2n) is 6.04. The number of nitro groups is 1. The van der Waals surface area contributed by atoms with Gasteiger partial charge in [0.2, 0.25) is 0 Å². The van der Waals surface area contributed by atoms with E-state index >= 15 is 0 Å². The van der Waals surface area contributed by atoms with Crippen LogP contribution in [0.2, 0.25) is 0 Å². The molecule has 128 valence electrons. The van der Waals surface area contributed by atoms with Crippen molar-refractivity contribution in [3.63, 3.8) is 0 Å². The second kappa shape index (κ2) is 7.22. The zero-order chi connectivity index (χ0) is 17.1. The second-order valence-corrected chi connectivity index (χ2v) is 7.97. The average molecular weight is 347 g/mol. The number of anilines is 1. The minimum absolute atomic E-state index is 0.00999. The topological polar surface area (TPSA) is 58.8 Å². The van der Waals surface area contributed by atoms with Gasteiger partial charge in [-0.2, -0.15) is 0 Å². The first-order chi connectivity index (χ1) is 11.6. The van der Waals surface area contributed by atoms with Gasteiger partial charge in [-0.25, -0.2) is 0 Å². The zero-order valence-electron chi connectivity index (χ0n) is 14.0. The first kappa shape index (κ1) is 16.8. The standard InChI is InChI=1S/C17H22N3O3P/c1-23-17-13-15(3-4-16(17)20(21)22)18-7-5-14(6-8-18)19-9-11-24(2)12-10-19/h3-4,9-14H,5-8H2,1-2H3. The number of ether oxygens (including phenoxy) is 1. The van der Waals surface area contributed by atoms with Crippen LogP contribution in [-0.4, -0.2) is 42.7 Å². The number of nitro benzene ring substituents is 1. The molecule has 0 atom stereocenters. The summed E-state index contributed by atoms with van der Waals surface area (Å²) in [7, 11) is 1.39. The molecule has 1 fully saturated rings. The fourth-order valence-corrected chi connectivity index (χ4v) is 3.97. The largest absolute Gasteiger partial charge is 0.490 e. The lowest BCUT2D eigenvalue weighted by molar-refractivity contribution is -0.385. The number of hydrogen-bond donors (Lipinski definition) is 0. The fraction of sp³-hybridized carbons (Fsp3) is 0.412. The molecule has 0 radical (unpaired) electrons. The molecule has 0 bridgehead atoms. The Hall–Kier alpha value is -2.07. The van der Waals surface area contributed by atoms with Gasteiger partial charge in [0.05, 0.1) is 12.0 Å². The zero-order valence-corrected chi connectivity index (χ0v) is 14.9. The Morgan fingerprint density at radius 2 is 1.92 bits per heavy atom. The van der Waals surface area contributed by atoms with E-state index in [9.17, 15) is 10.1 Å². The predicted molar refractivity (Wildman–Crippen MR) is 97.8 cm³/mol. The van der Waals surface area contributed by atoms with Gasteiger partial charge in [0.25, 0.3) is 0 Å². The van der Waals surface area contributed by atoms with Gasteiger partial charge < -0.3 is 14.5 Å². The van der Waals surface area contributed by atoms with Gasteiger partial charge in [0.1, 0.15) is 0 Å². The van der Waals surface area contributed by atoms with Crippen LogP contribution in [0.5, 0.6) is 5.75 Å². The summed E-state index contributed by atoms with van der Waals surface area (Å²) in [6.07, 6.45) is 6.55. The lowest BCUT2D eigenvalue weighted by Crippen LogP contribution is -2.41. The predicted octanol–water partition coefficient (Wildman–Crippen LogP) is 3.94. The first-order valence-corrected chi connectivity index (χ1v) is 9.94. The van der Waals surface area contributed by atoms with Crippen molar-refractivity contribution in [2.45, 2.75) is 18.9 Å². The van der Waals surface area contributed by atoms with Crippen molar-refractivity contribution in [2.24, 2.45) is 0 Å². The SMILES string of the molecule is COc1cc(N2CCC(N3C=CP(C)C=C3)CC2)ccc1[N+](=O)[O-]. The number of piperidine rings is 1. The summed E-state index contributed by atoms with van der Waals surface area (Å²) in [5.41, 5.74) is 0.994. The van der Waals surface area contributed by atoms with Crippen LogP contribution in [0, 0.1) is 10.1 Å². The molecule has 0 aliphatic carbocycles. The van der Waals surface area contributed by atoms with Gasteiger partial charge in [0, 0.05) is 49.4 Å². The number of rotatable bonds is 4. The minimum atomic E-state index is -0.410. The Bertz CT molecular complexity index is 655. The number of hydrogen-bond acceptors (Lipinski definition) is 5. The Morgan fingerprint density at radius 3 is 2.50 bits per heavy atom. The van der Waals surface area contributed by atoms with Gasteiger partial charge in [-0.3, -0.25) is 10.1 Å². The minimum Gasteiger partial charge on any atom is -0.490 e. The van der Waals surface area contributed by atoms with Crippen LogP contribution >= 0.6 is 7.92 Å². The lowest BCUT2D eigenvalue weighted by Gasteiger charge is -2.38. The highest BCUT2D eigenvalue weighted by Crippen LogP contribution is 2.38. The summed E-state index contributed by atoms with van der Waals surface area (Å²) in [4.78, 5) is 15.2. The van der Waals surface area contributed by atoms with Crippen molar-refractivity contribution in [1.82, 2.24) is 4.90 Å². The van der Waals surface area contributed by atoms with E-state index in [1.54, 1.807) is 6.07 Å². The molecule has 0 saturated carbocycles. The summed E-state index contributed by atoms with van der Waals surface area (Å²) in [5, 5.41) is 11.0. The summed E-state index contributed by atoms with van der Waals surface area (Å²) in [5.74, 6) is 4.88. The van der Waals surface area contributed by atoms with Gasteiger partial charge in [-0.05, 0) is 37.2 Å². The van der Waals surface area contributed by atoms with Crippen LogP contribution in [0.1, 0.15) is 12.8 Å². The molecule has 2 heterocycles. The maximum atomic E-state index is 11.0. The highest BCUT2D eigenvalue weighted by Gasteiger charge is 2.24. The van der Waals surface area contributed by atoms with E-state index in [1.807, 2.05) is 6.07 Å². The van der Waals surface area contributed by atoms with E-state index in [0.29, 0.717) is 11.8 Å². The molecule has 0 N–H and O–H groups in total. The van der Waals surface area contributed by atoms with Crippen LogP contribution in [0.3, 0.4) is 0 Å². The molecule has 0 spiro atoms. The molecule has 7 heteroatoms. The number of methoxy groups -OCH3 is 1. The lowest BCUT2D eigenvalue weighted by atomic mass is 10.0. The van der Waals surface area contributed by atoms with Crippen LogP contribution < -0.4 is 9.64 Å². The Morgan fingerprint density at radius 1 is 1.25 bits per heavy atom. The molecule has 3 rings (SSSR count). The van der Waals surface area contributed by atoms with Crippen molar-refractivity contribution in [2.75, 3.05) is 31.8 Å². The van der Waals surface area contributed by atoms with Crippen molar-refractivity contribution in [1.29, 1.82) is 0 Å². The van der Waals surface area contributed by atoms with E-state index < -0.39 is 4.92 Å². The highest BCUT2D eigenvalue weighted by atomic mass is 31.1. The normalized spacial score (nSPS) is 18.9. The molecule has 0 amide bonds. The van der Waals surface area contributed by atoms with Crippen molar-refractivity contribution in [3.05, 3.63) is 52.3 Å². The number of benzene rings is 1. The molecule has 1 aromatic rings. The van der Waals surface area contributed by atoms with E-state index in [0.717, 1.165) is 31.6 Å². The molecule has 1 aromatic carbocycles. The molecule has 0 unspecified atom stereocenters. The van der Waals surface area contributed by atoms with Crippen molar-refractivity contribution < 1.29 is 9.66 Å². The maximum Gasteiger partial charge on any atom is 0.311 e. The molecular formula is C17H22N3O3P. The highest BCUT2D eigenvalue weighted by molar-refractivity contribution is 7.63. The molecular weight excluding hydrogens is 325 g/mol. The third-order valence-electron chi connectivity index (χ3n) is 4.56. The van der Waals surface area contributed by atoms with Gasteiger partial charge in [0.15, 0.2) is 5.75 Å². The van der Waals surface area contributed by atoms with Crippen molar-refractivity contribution in [3.8, 4) is 5.75 Å². The number of nitrogens with zero attached hydrogens (tertiary/aromatic N) is 3. The molecule has 2 aliphatic heterocycles. The summed E-state index contributed by atoms with van der Waals surface area (Å²) in [6.45, 7) is 4.11. The summed E-state index contributed by atoms with van der Waals surface area (Å²) >= 11 is 0. The quantitative estimate of drug-likeness (QED) is 0.469. The van der Waals surface area contributed by atoms with Gasteiger partial charge >= 0.3 is 5.69 Å². The molecule has 0 aromatic heterocycles. The monoisotopic (exact) mass is 347 g/mol. The van der Waals surface area contributed by atoms with Crippen LogP contribution in [-0.2, 0) is 0 Å². The Balaban J connectivity index is 1.65. The van der Waals surface area contributed by atoms with Crippen LogP contribution in [0.15, 0.2) is 42.2 Å². The smallest absolute Gasteiger partial charge is 0.311 e.